The maximum Gasteiger partial charge on any atom is 0.258 e. The molecule has 23 heavy (non-hydrogen) atoms. The van der Waals surface area contributed by atoms with Crippen LogP contribution in [0.5, 0.6) is 0 Å². The summed E-state index contributed by atoms with van der Waals surface area (Å²) < 4.78 is 6.46. The van der Waals surface area contributed by atoms with E-state index < -0.39 is 0 Å². The zero-order valence-corrected chi connectivity index (χ0v) is 13.4. The molecule has 3 aromatic heterocycles. The zero-order chi connectivity index (χ0) is 15.6. The lowest BCUT2D eigenvalue weighted by Crippen LogP contribution is -2.45. The average molecular weight is 331 g/mol. The Morgan fingerprint density at radius 1 is 1.13 bits per heavy atom. The topological polar surface area (TPSA) is 66.9 Å². The van der Waals surface area contributed by atoms with Crippen molar-refractivity contribution < 1.29 is 4.52 Å². The molecular formula is C15H17N5O2S. The van der Waals surface area contributed by atoms with Crippen LogP contribution in [0.15, 0.2) is 39.3 Å². The Bertz CT molecular complexity index is 833. The molecule has 0 amide bonds. The third kappa shape index (κ3) is 3.19. The minimum atomic E-state index is -0.00378. The Kier molecular flexibility index (Phi) is 3.94. The van der Waals surface area contributed by atoms with Crippen molar-refractivity contribution in [1.29, 1.82) is 0 Å². The van der Waals surface area contributed by atoms with Crippen LogP contribution >= 0.6 is 11.3 Å². The molecule has 0 atom stereocenters. The summed E-state index contributed by atoms with van der Waals surface area (Å²) in [6, 6.07) is 3.54. The van der Waals surface area contributed by atoms with Gasteiger partial charge in [-0.1, -0.05) is 5.16 Å². The highest BCUT2D eigenvalue weighted by Gasteiger charge is 2.18. The van der Waals surface area contributed by atoms with Crippen LogP contribution in [-0.4, -0.2) is 50.5 Å². The number of fused-ring (bicyclic) bond motifs is 1. The fourth-order valence-corrected chi connectivity index (χ4v) is 3.59. The van der Waals surface area contributed by atoms with Crippen LogP contribution in [0.1, 0.15) is 11.4 Å². The van der Waals surface area contributed by atoms with Crippen molar-refractivity contribution in [1.82, 2.24) is 24.3 Å². The number of rotatable bonds is 4. The van der Waals surface area contributed by atoms with Crippen LogP contribution in [0.2, 0.25) is 0 Å². The van der Waals surface area contributed by atoms with Gasteiger partial charge in [-0.3, -0.25) is 19.0 Å². The van der Waals surface area contributed by atoms with Gasteiger partial charge < -0.3 is 4.52 Å². The van der Waals surface area contributed by atoms with Crippen molar-refractivity contribution in [2.75, 3.05) is 26.2 Å². The van der Waals surface area contributed by atoms with E-state index >= 15 is 0 Å². The van der Waals surface area contributed by atoms with Gasteiger partial charge in [-0.05, 0) is 0 Å². The number of piperazine rings is 1. The van der Waals surface area contributed by atoms with E-state index in [1.165, 1.54) is 11.3 Å². The first-order chi connectivity index (χ1) is 11.3. The molecule has 3 aromatic rings. The van der Waals surface area contributed by atoms with Gasteiger partial charge in [0.25, 0.3) is 5.56 Å². The van der Waals surface area contributed by atoms with Crippen molar-refractivity contribution in [3.8, 4) is 0 Å². The lowest BCUT2D eigenvalue weighted by molar-refractivity contribution is 0.119. The van der Waals surface area contributed by atoms with Crippen molar-refractivity contribution in [3.05, 3.63) is 51.7 Å². The quantitative estimate of drug-likeness (QED) is 0.712. The first-order valence-corrected chi connectivity index (χ1v) is 8.46. The van der Waals surface area contributed by atoms with Gasteiger partial charge in [0.05, 0.1) is 11.4 Å². The lowest BCUT2D eigenvalue weighted by Gasteiger charge is -2.33. The molecule has 7 nitrogen and oxygen atoms in total. The van der Waals surface area contributed by atoms with Crippen molar-refractivity contribution >= 4 is 16.3 Å². The van der Waals surface area contributed by atoms with Crippen LogP contribution < -0.4 is 5.56 Å². The van der Waals surface area contributed by atoms with Crippen LogP contribution in [0.4, 0.5) is 0 Å². The second-order valence-corrected chi connectivity index (χ2v) is 6.56. The second kappa shape index (κ2) is 6.23. The third-order valence-corrected chi connectivity index (χ3v) is 4.84. The molecule has 1 aliphatic heterocycles. The predicted octanol–water partition coefficient (Wildman–Crippen LogP) is 1.06. The zero-order valence-electron chi connectivity index (χ0n) is 12.6. The molecule has 8 heteroatoms. The van der Waals surface area contributed by atoms with Crippen LogP contribution in [0, 0.1) is 0 Å². The van der Waals surface area contributed by atoms with Gasteiger partial charge in [0.2, 0.25) is 0 Å². The molecule has 4 heterocycles. The summed E-state index contributed by atoms with van der Waals surface area (Å²) in [4.78, 5) is 22.1. The first-order valence-electron chi connectivity index (χ1n) is 7.58. The van der Waals surface area contributed by atoms with E-state index in [0.29, 0.717) is 0 Å². The molecule has 1 aliphatic rings. The average Bonchev–Trinajstić information content (AvgIpc) is 3.21. The Labute approximate surface area is 136 Å². The van der Waals surface area contributed by atoms with E-state index in [4.69, 9.17) is 4.52 Å². The summed E-state index contributed by atoms with van der Waals surface area (Å²) in [6.07, 6.45) is 3.37. The van der Waals surface area contributed by atoms with E-state index in [2.05, 4.69) is 19.9 Å². The highest BCUT2D eigenvalue weighted by Crippen LogP contribution is 2.11. The molecule has 1 saturated heterocycles. The van der Waals surface area contributed by atoms with E-state index in [-0.39, 0.29) is 5.56 Å². The summed E-state index contributed by atoms with van der Waals surface area (Å²) in [7, 11) is 0. The molecule has 0 spiro atoms. The smallest absolute Gasteiger partial charge is 0.258 e. The highest BCUT2D eigenvalue weighted by atomic mass is 32.1. The molecule has 0 aromatic carbocycles. The van der Waals surface area contributed by atoms with Crippen molar-refractivity contribution in [3.63, 3.8) is 0 Å². The summed E-state index contributed by atoms with van der Waals surface area (Å²) in [5.41, 5.74) is 1.81. The Hall–Kier alpha value is -2.03. The fourth-order valence-electron chi connectivity index (χ4n) is 2.85. The van der Waals surface area contributed by atoms with Gasteiger partial charge >= 0.3 is 0 Å². The predicted molar refractivity (Wildman–Crippen MR) is 86.4 cm³/mol. The SMILES string of the molecule is O=c1cc(CN2CCN(Cc3ccon3)CC2)nc2sccn12. The van der Waals surface area contributed by atoms with Gasteiger partial charge in [-0.2, -0.15) is 0 Å². The van der Waals surface area contributed by atoms with Gasteiger partial charge in [-0.25, -0.2) is 4.98 Å². The summed E-state index contributed by atoms with van der Waals surface area (Å²) in [6.45, 7) is 5.43. The van der Waals surface area contributed by atoms with Crippen LogP contribution in [0.25, 0.3) is 4.96 Å². The molecule has 4 rings (SSSR count). The maximum absolute atomic E-state index is 12.0. The Morgan fingerprint density at radius 2 is 1.87 bits per heavy atom. The van der Waals surface area contributed by atoms with Gasteiger partial charge in [-0.15, -0.1) is 11.3 Å². The fraction of sp³-hybridized carbons (Fsp3) is 0.400. The first kappa shape index (κ1) is 14.6. The molecular weight excluding hydrogens is 314 g/mol. The van der Waals surface area contributed by atoms with Crippen molar-refractivity contribution in [2.24, 2.45) is 0 Å². The Morgan fingerprint density at radius 3 is 2.57 bits per heavy atom. The summed E-state index contributed by atoms with van der Waals surface area (Å²) >= 11 is 1.49. The number of thiazole rings is 1. The van der Waals surface area contributed by atoms with Gasteiger partial charge in [0.15, 0.2) is 4.96 Å². The van der Waals surface area contributed by atoms with E-state index in [1.807, 2.05) is 11.4 Å². The molecule has 120 valence electrons. The number of aromatic nitrogens is 3. The second-order valence-electron chi connectivity index (χ2n) is 5.68. The summed E-state index contributed by atoms with van der Waals surface area (Å²) in [5, 5.41) is 5.84. The molecule has 0 N–H and O–H groups in total. The molecule has 1 fully saturated rings. The van der Waals surface area contributed by atoms with Crippen LogP contribution in [-0.2, 0) is 13.1 Å². The monoisotopic (exact) mass is 331 g/mol. The minimum absolute atomic E-state index is 0.00378. The molecule has 0 bridgehead atoms. The van der Waals surface area contributed by atoms with Gasteiger partial charge in [0.1, 0.15) is 6.26 Å². The Balaban J connectivity index is 1.37. The largest absolute Gasteiger partial charge is 0.364 e. The van der Waals surface area contributed by atoms with E-state index in [1.54, 1.807) is 22.9 Å². The summed E-state index contributed by atoms with van der Waals surface area (Å²) in [5.74, 6) is 0. The number of nitrogens with zero attached hydrogens (tertiary/aromatic N) is 5. The minimum Gasteiger partial charge on any atom is -0.364 e. The molecule has 0 unspecified atom stereocenters. The van der Waals surface area contributed by atoms with E-state index in [0.717, 1.165) is 55.6 Å². The third-order valence-electron chi connectivity index (χ3n) is 4.08. The van der Waals surface area contributed by atoms with Crippen LogP contribution in [0.3, 0.4) is 0 Å². The molecule has 0 radical (unpaired) electrons. The van der Waals surface area contributed by atoms with E-state index in [9.17, 15) is 4.79 Å². The number of hydrogen-bond donors (Lipinski definition) is 0. The lowest BCUT2D eigenvalue weighted by atomic mass is 10.2. The normalized spacial score (nSPS) is 17.0. The molecule has 0 aliphatic carbocycles. The highest BCUT2D eigenvalue weighted by molar-refractivity contribution is 7.15. The number of hydrogen-bond acceptors (Lipinski definition) is 7. The van der Waals surface area contributed by atoms with Gasteiger partial charge in [0, 0.05) is 63.0 Å². The van der Waals surface area contributed by atoms with Crippen molar-refractivity contribution in [2.45, 2.75) is 13.1 Å². The molecule has 0 saturated carbocycles. The standard InChI is InChI=1S/C15H17N5O2S/c21-14-9-13(16-15-20(14)6-8-23-15)11-19-4-2-18(3-5-19)10-12-1-7-22-17-12/h1,6-9H,2-5,10-11H2. The maximum atomic E-state index is 12.0.